The number of aliphatic hydroxyl groups is 2. The van der Waals surface area contributed by atoms with Crippen LogP contribution in [0.1, 0.15) is 79.6 Å². The first-order valence-electron chi connectivity index (χ1n) is 8.86. The lowest BCUT2D eigenvalue weighted by molar-refractivity contribution is -0.173. The van der Waals surface area contributed by atoms with Gasteiger partial charge >= 0.3 is 0 Å². The molecule has 22 heavy (non-hydrogen) atoms. The molecule has 2 fully saturated rings. The maximum atomic E-state index is 11.0. The smallest absolute Gasteiger partial charge is 0.151 e. The third-order valence-electron chi connectivity index (χ3n) is 6.95. The molecule has 2 N–H and O–H groups in total. The van der Waals surface area contributed by atoms with E-state index in [1.165, 1.54) is 12.8 Å². The van der Waals surface area contributed by atoms with Crippen molar-refractivity contribution in [3.63, 3.8) is 0 Å². The first kappa shape index (κ1) is 17.9. The zero-order valence-corrected chi connectivity index (χ0v) is 15.0. The molecule has 0 unspecified atom stereocenters. The molecule has 2 saturated carbocycles. The molecule has 0 bridgehead atoms. The Balaban J connectivity index is 2.28. The monoisotopic (exact) mass is 310 g/mol. The van der Waals surface area contributed by atoms with E-state index in [1.807, 2.05) is 6.92 Å². The average Bonchev–Trinajstić information content (AvgIpc) is 2.35. The fraction of sp³-hybridized carbons (Fsp3) is 0.947. The molecule has 0 saturated heterocycles. The molecular weight excluding hydrogens is 276 g/mol. The van der Waals surface area contributed by atoms with Gasteiger partial charge < -0.3 is 15.0 Å². The Labute approximate surface area is 135 Å². The summed E-state index contributed by atoms with van der Waals surface area (Å²) in [5, 5.41) is 21.1. The van der Waals surface area contributed by atoms with E-state index in [0.29, 0.717) is 30.5 Å². The van der Waals surface area contributed by atoms with E-state index in [2.05, 4.69) is 20.8 Å². The Morgan fingerprint density at radius 1 is 1.18 bits per heavy atom. The minimum Gasteiger partial charge on any atom is -0.390 e. The Kier molecular flexibility index (Phi) is 4.56. The van der Waals surface area contributed by atoms with E-state index in [9.17, 15) is 15.0 Å². The highest BCUT2D eigenvalue weighted by Gasteiger charge is 2.57. The molecule has 0 aliphatic heterocycles. The van der Waals surface area contributed by atoms with Gasteiger partial charge in [-0.05, 0) is 75.0 Å². The van der Waals surface area contributed by atoms with Gasteiger partial charge in [-0.25, -0.2) is 0 Å². The molecule has 5 atom stereocenters. The van der Waals surface area contributed by atoms with Gasteiger partial charge in [0.15, 0.2) is 6.29 Å². The summed E-state index contributed by atoms with van der Waals surface area (Å²) in [6.07, 6.45) is 7.29. The third-order valence-corrected chi connectivity index (χ3v) is 6.95. The highest BCUT2D eigenvalue weighted by molar-refractivity contribution is 5.60. The Morgan fingerprint density at radius 3 is 2.41 bits per heavy atom. The zero-order chi connectivity index (χ0) is 16.8. The van der Waals surface area contributed by atoms with Crippen LogP contribution in [0.4, 0.5) is 0 Å². The van der Waals surface area contributed by atoms with Gasteiger partial charge in [0.05, 0.1) is 5.60 Å². The number of carbonyl (C=O) groups excluding carboxylic acids is 1. The molecule has 0 radical (unpaired) electrons. The van der Waals surface area contributed by atoms with Gasteiger partial charge in [0.25, 0.3) is 0 Å². The van der Waals surface area contributed by atoms with Crippen molar-refractivity contribution in [3.05, 3.63) is 0 Å². The molecular formula is C19H34O3. The molecule has 0 spiro atoms. The summed E-state index contributed by atoms with van der Waals surface area (Å²) in [7, 11) is 0. The fourth-order valence-corrected chi connectivity index (χ4v) is 5.76. The van der Waals surface area contributed by atoms with E-state index in [0.717, 1.165) is 19.3 Å². The second-order valence-corrected chi connectivity index (χ2v) is 9.36. The molecule has 2 rings (SSSR count). The first-order chi connectivity index (χ1) is 9.95. The standard InChI is InChI=1S/C19H34O3/c1-16(2)9-6-10-18(4)14(16)8-12-19(5,22)15(18)7-11-17(3,21)13-20/h13-15,21-22H,6-12H2,1-5H3/t14-,15+,17+,18-,19+/m0/s1. The molecule has 128 valence electrons. The minimum absolute atomic E-state index is 0.0997. The van der Waals surface area contributed by atoms with Crippen LogP contribution in [0.3, 0.4) is 0 Å². The number of hydrogen-bond acceptors (Lipinski definition) is 3. The normalized spacial score (nSPS) is 44.0. The summed E-state index contributed by atoms with van der Waals surface area (Å²) in [4.78, 5) is 11.0. The van der Waals surface area contributed by atoms with Crippen LogP contribution in [0.15, 0.2) is 0 Å². The maximum Gasteiger partial charge on any atom is 0.151 e. The SMILES string of the molecule is CC1(C)CCC[C@]2(C)[C@@H](CC[C@@](C)(O)C=O)[C@](C)(O)CC[C@@H]12. The summed E-state index contributed by atoms with van der Waals surface area (Å²) in [6.45, 7) is 10.6. The molecule has 2 aliphatic carbocycles. The highest BCUT2D eigenvalue weighted by Crippen LogP contribution is 2.63. The molecule has 0 aromatic rings. The minimum atomic E-state index is -1.27. The van der Waals surface area contributed by atoms with Crippen LogP contribution in [0.5, 0.6) is 0 Å². The second-order valence-electron chi connectivity index (χ2n) is 9.36. The van der Waals surface area contributed by atoms with E-state index >= 15 is 0 Å². The predicted octanol–water partition coefficient (Wildman–Crippen LogP) is 3.71. The van der Waals surface area contributed by atoms with Gasteiger partial charge in [-0.2, -0.15) is 0 Å². The Bertz CT molecular complexity index is 424. The zero-order valence-electron chi connectivity index (χ0n) is 15.0. The van der Waals surface area contributed by atoms with Gasteiger partial charge in [0.1, 0.15) is 5.60 Å². The van der Waals surface area contributed by atoms with Crippen LogP contribution in [0.25, 0.3) is 0 Å². The van der Waals surface area contributed by atoms with E-state index in [-0.39, 0.29) is 11.3 Å². The van der Waals surface area contributed by atoms with Crippen LogP contribution in [-0.2, 0) is 4.79 Å². The quantitative estimate of drug-likeness (QED) is 0.778. The van der Waals surface area contributed by atoms with Crippen molar-refractivity contribution in [3.8, 4) is 0 Å². The number of aldehydes is 1. The largest absolute Gasteiger partial charge is 0.390 e. The van der Waals surface area contributed by atoms with Crippen molar-refractivity contribution >= 4 is 6.29 Å². The summed E-state index contributed by atoms with van der Waals surface area (Å²) >= 11 is 0. The highest BCUT2D eigenvalue weighted by atomic mass is 16.3. The number of carbonyl (C=O) groups is 1. The van der Waals surface area contributed by atoms with Crippen molar-refractivity contribution in [2.24, 2.45) is 22.7 Å². The Morgan fingerprint density at radius 2 is 1.82 bits per heavy atom. The van der Waals surface area contributed by atoms with Crippen LogP contribution < -0.4 is 0 Å². The predicted molar refractivity (Wildman–Crippen MR) is 88.5 cm³/mol. The molecule has 0 aromatic carbocycles. The van der Waals surface area contributed by atoms with Crippen LogP contribution in [0.2, 0.25) is 0 Å². The lowest BCUT2D eigenvalue weighted by atomic mass is 9.45. The number of hydrogen-bond donors (Lipinski definition) is 2. The third kappa shape index (κ3) is 3.12. The summed E-state index contributed by atoms with van der Waals surface area (Å²) in [5.74, 6) is 0.755. The van der Waals surface area contributed by atoms with E-state index in [4.69, 9.17) is 0 Å². The summed E-state index contributed by atoms with van der Waals surface area (Å²) < 4.78 is 0. The van der Waals surface area contributed by atoms with Crippen molar-refractivity contribution in [2.45, 2.75) is 90.8 Å². The van der Waals surface area contributed by atoms with Gasteiger partial charge in [-0.3, -0.25) is 0 Å². The fourth-order valence-electron chi connectivity index (χ4n) is 5.76. The van der Waals surface area contributed by atoms with Crippen molar-refractivity contribution in [1.82, 2.24) is 0 Å². The van der Waals surface area contributed by atoms with Crippen LogP contribution >= 0.6 is 0 Å². The van der Waals surface area contributed by atoms with Crippen LogP contribution in [-0.4, -0.2) is 27.7 Å². The van der Waals surface area contributed by atoms with E-state index in [1.54, 1.807) is 6.92 Å². The molecule has 0 amide bonds. The second kappa shape index (κ2) is 5.59. The molecule has 2 aliphatic rings. The van der Waals surface area contributed by atoms with Crippen molar-refractivity contribution in [1.29, 1.82) is 0 Å². The lowest BCUT2D eigenvalue weighted by Gasteiger charge is -2.61. The molecule has 0 heterocycles. The molecule has 3 nitrogen and oxygen atoms in total. The summed E-state index contributed by atoms with van der Waals surface area (Å²) in [5.41, 5.74) is -1.56. The molecule has 0 aromatic heterocycles. The maximum absolute atomic E-state index is 11.0. The van der Waals surface area contributed by atoms with Gasteiger partial charge in [-0.1, -0.05) is 27.2 Å². The summed E-state index contributed by atoms with van der Waals surface area (Å²) in [6, 6.07) is 0. The average molecular weight is 310 g/mol. The lowest BCUT2D eigenvalue weighted by Crippen LogP contribution is -2.57. The number of fused-ring (bicyclic) bond motifs is 1. The Hall–Kier alpha value is -0.410. The number of rotatable bonds is 4. The van der Waals surface area contributed by atoms with Gasteiger partial charge in [0, 0.05) is 0 Å². The van der Waals surface area contributed by atoms with Crippen molar-refractivity contribution in [2.75, 3.05) is 0 Å². The van der Waals surface area contributed by atoms with Gasteiger partial charge in [-0.15, -0.1) is 0 Å². The topological polar surface area (TPSA) is 57.5 Å². The van der Waals surface area contributed by atoms with E-state index < -0.39 is 11.2 Å². The van der Waals surface area contributed by atoms with Crippen LogP contribution in [0, 0.1) is 22.7 Å². The first-order valence-corrected chi connectivity index (χ1v) is 8.86. The van der Waals surface area contributed by atoms with Gasteiger partial charge in [0.2, 0.25) is 0 Å². The van der Waals surface area contributed by atoms with Crippen molar-refractivity contribution < 1.29 is 15.0 Å². The molecule has 3 heteroatoms.